The lowest BCUT2D eigenvalue weighted by atomic mass is 9.75. The smallest absolute Gasteiger partial charge is 0.330 e. The number of carbonyl (C=O) groups excluding carboxylic acids is 1. The van der Waals surface area contributed by atoms with E-state index in [9.17, 15) is 14.7 Å². The lowest BCUT2D eigenvalue weighted by Crippen LogP contribution is -2.66. The number of amides is 1. The molecule has 17 heavy (non-hydrogen) atoms. The van der Waals surface area contributed by atoms with Crippen molar-refractivity contribution in [1.29, 1.82) is 0 Å². The second-order valence-electron chi connectivity index (χ2n) is 4.90. The molecule has 0 aromatic carbocycles. The van der Waals surface area contributed by atoms with E-state index in [1.54, 1.807) is 0 Å². The van der Waals surface area contributed by atoms with Crippen LogP contribution in [0.5, 0.6) is 0 Å². The minimum atomic E-state index is -1.05. The molecular weight excluding hydrogens is 220 g/mol. The second kappa shape index (κ2) is 5.49. The number of nitrogens with one attached hydrogen (secondary N) is 1. The molecule has 1 aliphatic rings. The van der Waals surface area contributed by atoms with Crippen molar-refractivity contribution in [1.82, 2.24) is 10.2 Å². The van der Waals surface area contributed by atoms with E-state index >= 15 is 0 Å². The van der Waals surface area contributed by atoms with Crippen LogP contribution in [0, 0.1) is 5.92 Å². The fourth-order valence-corrected chi connectivity index (χ4v) is 2.82. The standard InChI is InChI=1S/C12H22N2O3/c1-4-10-7-13-6-5-12(10,11(16)17)14(8-15)9(2)3/h8-10,13H,4-7H2,1-3H3,(H,16,17). The van der Waals surface area contributed by atoms with Crippen molar-refractivity contribution in [3.05, 3.63) is 0 Å². The minimum absolute atomic E-state index is 0.0404. The lowest BCUT2D eigenvalue weighted by molar-refractivity contribution is -0.164. The third-order valence-electron chi connectivity index (χ3n) is 3.74. The molecule has 98 valence electrons. The molecule has 0 bridgehead atoms. The summed E-state index contributed by atoms with van der Waals surface area (Å²) in [5.41, 5.74) is -1.05. The van der Waals surface area contributed by atoms with E-state index in [0.717, 1.165) is 6.42 Å². The Morgan fingerprint density at radius 3 is 2.71 bits per heavy atom. The van der Waals surface area contributed by atoms with Crippen LogP contribution in [0.4, 0.5) is 0 Å². The molecule has 2 atom stereocenters. The maximum Gasteiger partial charge on any atom is 0.330 e. The Labute approximate surface area is 102 Å². The normalized spacial score (nSPS) is 29.1. The van der Waals surface area contributed by atoms with Gasteiger partial charge in [-0.1, -0.05) is 6.92 Å². The quantitative estimate of drug-likeness (QED) is 0.696. The fourth-order valence-electron chi connectivity index (χ4n) is 2.82. The van der Waals surface area contributed by atoms with Crippen molar-refractivity contribution in [3.63, 3.8) is 0 Å². The number of carboxylic acids is 1. The molecule has 5 nitrogen and oxygen atoms in total. The molecule has 0 aromatic heterocycles. The first-order valence-corrected chi connectivity index (χ1v) is 6.18. The molecular formula is C12H22N2O3. The van der Waals surface area contributed by atoms with Gasteiger partial charge in [-0.15, -0.1) is 0 Å². The lowest BCUT2D eigenvalue weighted by Gasteiger charge is -2.48. The van der Waals surface area contributed by atoms with E-state index in [1.807, 2.05) is 20.8 Å². The maximum absolute atomic E-state index is 11.7. The Balaban J connectivity index is 3.17. The van der Waals surface area contributed by atoms with Gasteiger partial charge in [0.25, 0.3) is 0 Å². The molecule has 1 aliphatic heterocycles. The predicted octanol–water partition coefficient (Wildman–Crippen LogP) is 0.696. The molecule has 2 N–H and O–H groups in total. The first kappa shape index (κ1) is 14.0. The third-order valence-corrected chi connectivity index (χ3v) is 3.74. The molecule has 1 amide bonds. The number of carboxylic acid groups (broad SMARTS) is 1. The molecule has 2 unspecified atom stereocenters. The van der Waals surface area contributed by atoms with Gasteiger partial charge in [0.15, 0.2) is 0 Å². The maximum atomic E-state index is 11.7. The van der Waals surface area contributed by atoms with E-state index in [0.29, 0.717) is 25.9 Å². The van der Waals surface area contributed by atoms with Gasteiger partial charge in [-0.05, 0) is 33.2 Å². The van der Waals surface area contributed by atoms with Crippen molar-refractivity contribution in [2.75, 3.05) is 13.1 Å². The summed E-state index contributed by atoms with van der Waals surface area (Å²) in [4.78, 5) is 24.5. The van der Waals surface area contributed by atoms with Crippen LogP contribution in [-0.2, 0) is 9.59 Å². The highest BCUT2D eigenvalue weighted by Gasteiger charge is 2.51. The van der Waals surface area contributed by atoms with Crippen LogP contribution in [0.3, 0.4) is 0 Å². The van der Waals surface area contributed by atoms with Crippen molar-refractivity contribution in [2.24, 2.45) is 5.92 Å². The van der Waals surface area contributed by atoms with Gasteiger partial charge in [0.05, 0.1) is 0 Å². The molecule has 0 aromatic rings. The van der Waals surface area contributed by atoms with Crippen LogP contribution >= 0.6 is 0 Å². The SMILES string of the molecule is CCC1CNCCC1(C(=O)O)N(C=O)C(C)C. The van der Waals surface area contributed by atoms with E-state index in [-0.39, 0.29) is 12.0 Å². The van der Waals surface area contributed by atoms with E-state index in [2.05, 4.69) is 5.32 Å². The summed E-state index contributed by atoms with van der Waals surface area (Å²) in [5.74, 6) is -0.923. The molecule has 0 spiro atoms. The van der Waals surface area contributed by atoms with E-state index in [4.69, 9.17) is 0 Å². The summed E-state index contributed by atoms with van der Waals surface area (Å²) in [6, 6.07) is -0.101. The molecule has 0 radical (unpaired) electrons. The largest absolute Gasteiger partial charge is 0.479 e. The summed E-state index contributed by atoms with van der Waals surface area (Å²) in [6.45, 7) is 6.97. The highest BCUT2D eigenvalue weighted by Crippen LogP contribution is 2.34. The Hall–Kier alpha value is -1.10. The van der Waals surface area contributed by atoms with Crippen molar-refractivity contribution in [2.45, 2.75) is 45.2 Å². The topological polar surface area (TPSA) is 69.6 Å². The molecule has 1 heterocycles. The Morgan fingerprint density at radius 2 is 2.29 bits per heavy atom. The number of carbonyl (C=O) groups is 2. The van der Waals surface area contributed by atoms with Gasteiger partial charge in [-0.3, -0.25) is 4.79 Å². The van der Waals surface area contributed by atoms with E-state index < -0.39 is 11.5 Å². The Bertz CT molecular complexity index is 293. The zero-order chi connectivity index (χ0) is 13.1. The predicted molar refractivity (Wildman–Crippen MR) is 64.7 cm³/mol. The summed E-state index contributed by atoms with van der Waals surface area (Å²) in [5, 5.41) is 12.8. The van der Waals surface area contributed by atoms with Gasteiger partial charge < -0.3 is 15.3 Å². The summed E-state index contributed by atoms with van der Waals surface area (Å²) in [6.07, 6.45) is 1.90. The van der Waals surface area contributed by atoms with Crippen LogP contribution < -0.4 is 5.32 Å². The Morgan fingerprint density at radius 1 is 1.65 bits per heavy atom. The Kier molecular flexibility index (Phi) is 4.51. The van der Waals surface area contributed by atoms with Gasteiger partial charge in [0, 0.05) is 18.5 Å². The van der Waals surface area contributed by atoms with Crippen LogP contribution in [0.25, 0.3) is 0 Å². The highest BCUT2D eigenvalue weighted by molar-refractivity contribution is 5.82. The van der Waals surface area contributed by atoms with Crippen LogP contribution in [0.15, 0.2) is 0 Å². The molecule has 1 saturated heterocycles. The highest BCUT2D eigenvalue weighted by atomic mass is 16.4. The van der Waals surface area contributed by atoms with Crippen molar-refractivity contribution >= 4 is 12.4 Å². The fraction of sp³-hybridized carbons (Fsp3) is 0.833. The van der Waals surface area contributed by atoms with Gasteiger partial charge in [-0.2, -0.15) is 0 Å². The van der Waals surface area contributed by atoms with Gasteiger partial charge in [0.1, 0.15) is 5.54 Å². The molecule has 1 rings (SSSR count). The van der Waals surface area contributed by atoms with Crippen LogP contribution in [0.1, 0.15) is 33.6 Å². The van der Waals surface area contributed by atoms with Crippen LogP contribution in [-0.4, -0.2) is 47.1 Å². The average molecular weight is 242 g/mol. The van der Waals surface area contributed by atoms with E-state index in [1.165, 1.54) is 4.90 Å². The van der Waals surface area contributed by atoms with Gasteiger partial charge in [0.2, 0.25) is 6.41 Å². The summed E-state index contributed by atoms with van der Waals surface area (Å²) < 4.78 is 0. The molecule has 0 aliphatic carbocycles. The number of rotatable bonds is 5. The monoisotopic (exact) mass is 242 g/mol. The molecule has 1 fully saturated rings. The summed E-state index contributed by atoms with van der Waals surface area (Å²) >= 11 is 0. The average Bonchev–Trinajstić information content (AvgIpc) is 2.29. The van der Waals surface area contributed by atoms with Crippen molar-refractivity contribution in [3.8, 4) is 0 Å². The van der Waals surface area contributed by atoms with Crippen molar-refractivity contribution < 1.29 is 14.7 Å². The van der Waals surface area contributed by atoms with Gasteiger partial charge >= 0.3 is 5.97 Å². The third kappa shape index (κ3) is 2.29. The van der Waals surface area contributed by atoms with Gasteiger partial charge in [-0.25, -0.2) is 4.79 Å². The zero-order valence-electron chi connectivity index (χ0n) is 10.8. The molecule has 0 saturated carbocycles. The number of hydrogen-bond donors (Lipinski definition) is 2. The number of hydrogen-bond acceptors (Lipinski definition) is 3. The molecule has 5 heteroatoms. The summed E-state index contributed by atoms with van der Waals surface area (Å²) in [7, 11) is 0. The second-order valence-corrected chi connectivity index (χ2v) is 4.90. The number of aliphatic carboxylic acids is 1. The number of piperidine rings is 1. The first-order valence-electron chi connectivity index (χ1n) is 6.18. The zero-order valence-corrected chi connectivity index (χ0v) is 10.8. The minimum Gasteiger partial charge on any atom is -0.479 e. The number of nitrogens with zero attached hydrogens (tertiary/aromatic N) is 1. The first-order chi connectivity index (χ1) is 8.00. The van der Waals surface area contributed by atoms with Crippen LogP contribution in [0.2, 0.25) is 0 Å².